The van der Waals surface area contributed by atoms with E-state index in [1.165, 1.54) is 22.6 Å². The van der Waals surface area contributed by atoms with E-state index in [1.807, 2.05) is 48.7 Å². The number of benzene rings is 2. The molecule has 4 rings (SSSR count). The number of hydrogen-bond donors (Lipinski definition) is 1. The highest BCUT2D eigenvalue weighted by Crippen LogP contribution is 2.34. The smallest absolute Gasteiger partial charge is 0.230 e. The van der Waals surface area contributed by atoms with Crippen LogP contribution in [0, 0.1) is 6.92 Å². The maximum atomic E-state index is 12.3. The summed E-state index contributed by atoms with van der Waals surface area (Å²) in [5, 5.41) is 2.75. The summed E-state index contributed by atoms with van der Waals surface area (Å²) in [6, 6.07) is 14.0. The highest BCUT2D eigenvalue weighted by atomic mass is 32.1. The highest BCUT2D eigenvalue weighted by molar-refractivity contribution is 7.14. The molecule has 0 saturated heterocycles. The van der Waals surface area contributed by atoms with Crippen LogP contribution in [0.3, 0.4) is 0 Å². The van der Waals surface area contributed by atoms with Crippen LogP contribution in [0.15, 0.2) is 47.8 Å². The molecule has 2 heterocycles. The first kappa shape index (κ1) is 18.5. The molecule has 0 fully saturated rings. The second-order valence-corrected chi connectivity index (χ2v) is 8.02. The van der Waals surface area contributed by atoms with Crippen molar-refractivity contribution in [2.75, 3.05) is 22.1 Å². The number of fused-ring (bicyclic) bond motifs is 1. The minimum Gasteiger partial charge on any atom is -0.398 e. The van der Waals surface area contributed by atoms with Crippen LogP contribution in [0.1, 0.15) is 30.2 Å². The third-order valence-electron chi connectivity index (χ3n) is 5.07. The molecule has 1 aromatic heterocycles. The Morgan fingerprint density at radius 2 is 2.04 bits per heavy atom. The first-order chi connectivity index (χ1) is 13.5. The van der Waals surface area contributed by atoms with Crippen molar-refractivity contribution in [2.24, 2.45) is 0 Å². The van der Waals surface area contributed by atoms with E-state index in [-0.39, 0.29) is 5.91 Å². The lowest BCUT2D eigenvalue weighted by molar-refractivity contribution is -0.115. The van der Waals surface area contributed by atoms with Gasteiger partial charge in [0.2, 0.25) is 5.91 Å². The van der Waals surface area contributed by atoms with Gasteiger partial charge in [-0.3, -0.25) is 9.69 Å². The summed E-state index contributed by atoms with van der Waals surface area (Å²) in [7, 11) is 0. The molecule has 1 aliphatic heterocycles. The lowest BCUT2D eigenvalue weighted by atomic mass is 10.00. The second kappa shape index (κ2) is 7.64. The van der Waals surface area contributed by atoms with Crippen molar-refractivity contribution in [3.05, 3.63) is 64.7 Å². The Morgan fingerprint density at radius 1 is 1.25 bits per heavy atom. The summed E-state index contributed by atoms with van der Waals surface area (Å²) in [5.74, 6) is -0.0409. The molecule has 0 aliphatic carbocycles. The van der Waals surface area contributed by atoms with Gasteiger partial charge in [-0.2, -0.15) is 0 Å². The Hall–Kier alpha value is -2.86. The number of nitrogens with zero attached hydrogens (tertiary/aromatic N) is 3. The van der Waals surface area contributed by atoms with E-state index in [1.54, 1.807) is 11.8 Å². The van der Waals surface area contributed by atoms with Crippen molar-refractivity contribution >= 4 is 39.4 Å². The fraction of sp³-hybridized carbons (Fsp3) is 0.273. The molecule has 0 unspecified atom stereocenters. The Kier molecular flexibility index (Phi) is 5.05. The Bertz CT molecular complexity index is 996. The fourth-order valence-electron chi connectivity index (χ4n) is 3.68. The van der Waals surface area contributed by atoms with Gasteiger partial charge in [-0.05, 0) is 49.6 Å². The van der Waals surface area contributed by atoms with Crippen molar-refractivity contribution in [2.45, 2.75) is 33.2 Å². The van der Waals surface area contributed by atoms with Crippen LogP contribution in [-0.2, 0) is 17.8 Å². The summed E-state index contributed by atoms with van der Waals surface area (Å²) < 4.78 is 0. The minimum atomic E-state index is -0.0409. The molecule has 0 atom stereocenters. The molecule has 1 aliphatic rings. The highest BCUT2D eigenvalue weighted by Gasteiger charge is 2.21. The van der Waals surface area contributed by atoms with Gasteiger partial charge in [0.15, 0.2) is 5.13 Å². The van der Waals surface area contributed by atoms with E-state index in [0.29, 0.717) is 11.7 Å². The molecule has 1 amide bonds. The molecule has 5 nitrogen and oxygen atoms in total. The van der Waals surface area contributed by atoms with Crippen molar-refractivity contribution in [3.8, 4) is 0 Å². The summed E-state index contributed by atoms with van der Waals surface area (Å²) in [6.07, 6.45) is 2.10. The topological polar surface area (TPSA) is 62.5 Å². The first-order valence-electron chi connectivity index (χ1n) is 9.47. The maximum absolute atomic E-state index is 12.3. The fourth-order valence-corrected chi connectivity index (χ4v) is 4.56. The summed E-state index contributed by atoms with van der Waals surface area (Å²) in [4.78, 5) is 21.1. The summed E-state index contributed by atoms with van der Waals surface area (Å²) >= 11 is 1.50. The molecule has 0 spiro atoms. The zero-order valence-corrected chi connectivity index (χ0v) is 17.0. The van der Waals surface area contributed by atoms with E-state index >= 15 is 0 Å². The van der Waals surface area contributed by atoms with E-state index in [4.69, 9.17) is 10.7 Å². The molecular formula is C22H24N4OS. The quantitative estimate of drug-likeness (QED) is 0.655. The number of amides is 1. The van der Waals surface area contributed by atoms with Gasteiger partial charge < -0.3 is 10.6 Å². The molecule has 0 radical (unpaired) electrons. The molecule has 28 heavy (non-hydrogen) atoms. The summed E-state index contributed by atoms with van der Waals surface area (Å²) in [6.45, 7) is 5.31. The van der Waals surface area contributed by atoms with Crippen LogP contribution in [0.4, 0.5) is 22.2 Å². The molecule has 2 aromatic carbocycles. The molecule has 3 aromatic rings. The van der Waals surface area contributed by atoms with Crippen molar-refractivity contribution in [1.82, 2.24) is 4.98 Å². The number of nitrogen functional groups attached to an aromatic ring is 1. The third kappa shape index (κ3) is 3.60. The standard InChI is InChI=1S/C22H24N4OS/c1-15-8-10-18(11-9-15)26(16(2)27)22-24-17(14-28-22)13-25-12-4-5-19-20(23)6-3-7-21(19)25/h3,6-11,14H,4-5,12-13,23H2,1-2H3. The van der Waals surface area contributed by atoms with E-state index < -0.39 is 0 Å². The summed E-state index contributed by atoms with van der Waals surface area (Å²) in [5.41, 5.74) is 12.4. The maximum Gasteiger partial charge on any atom is 0.230 e. The van der Waals surface area contributed by atoms with Crippen molar-refractivity contribution < 1.29 is 4.79 Å². The molecule has 0 bridgehead atoms. The monoisotopic (exact) mass is 392 g/mol. The predicted molar refractivity (Wildman–Crippen MR) is 116 cm³/mol. The van der Waals surface area contributed by atoms with E-state index in [9.17, 15) is 4.79 Å². The number of anilines is 4. The van der Waals surface area contributed by atoms with Gasteiger partial charge in [0, 0.05) is 30.2 Å². The average Bonchev–Trinajstić information content (AvgIpc) is 3.12. The molecule has 0 saturated carbocycles. The Labute approximate surface area is 169 Å². The Balaban J connectivity index is 1.59. The lowest BCUT2D eigenvalue weighted by Crippen LogP contribution is -2.29. The number of thiazole rings is 1. The van der Waals surface area contributed by atoms with Crippen molar-refractivity contribution in [3.63, 3.8) is 0 Å². The van der Waals surface area contributed by atoms with Gasteiger partial charge in [0.1, 0.15) is 0 Å². The number of aryl methyl sites for hydroxylation is 1. The predicted octanol–water partition coefficient (Wildman–Crippen LogP) is 4.67. The van der Waals surface area contributed by atoms with E-state index in [2.05, 4.69) is 11.0 Å². The van der Waals surface area contributed by atoms with Crippen molar-refractivity contribution in [1.29, 1.82) is 0 Å². The largest absolute Gasteiger partial charge is 0.398 e. The second-order valence-electron chi connectivity index (χ2n) is 7.18. The molecule has 2 N–H and O–H groups in total. The van der Waals surface area contributed by atoms with Gasteiger partial charge in [0.05, 0.1) is 17.9 Å². The zero-order chi connectivity index (χ0) is 19.7. The normalized spacial score (nSPS) is 13.3. The number of rotatable bonds is 4. The number of carbonyl (C=O) groups excluding carboxylic acids is 1. The van der Waals surface area contributed by atoms with Gasteiger partial charge >= 0.3 is 0 Å². The zero-order valence-electron chi connectivity index (χ0n) is 16.2. The van der Waals surface area contributed by atoms with E-state index in [0.717, 1.165) is 42.0 Å². The third-order valence-corrected chi connectivity index (χ3v) is 5.95. The molecule has 144 valence electrons. The van der Waals surface area contributed by atoms with Gasteiger partial charge in [-0.1, -0.05) is 23.8 Å². The average molecular weight is 393 g/mol. The SMILES string of the molecule is CC(=O)N(c1ccc(C)cc1)c1nc(CN2CCCc3c(N)cccc32)cs1. The lowest BCUT2D eigenvalue weighted by Gasteiger charge is -2.31. The van der Waals surface area contributed by atoms with Gasteiger partial charge in [-0.25, -0.2) is 4.98 Å². The number of aromatic nitrogens is 1. The number of nitrogens with two attached hydrogens (primary N) is 1. The van der Waals surface area contributed by atoms with Crippen LogP contribution in [0.5, 0.6) is 0 Å². The number of hydrogen-bond acceptors (Lipinski definition) is 5. The van der Waals surface area contributed by atoms with Crippen LogP contribution in [0.25, 0.3) is 0 Å². The first-order valence-corrected chi connectivity index (χ1v) is 10.3. The van der Waals surface area contributed by atoms with Crippen LogP contribution >= 0.6 is 11.3 Å². The van der Waals surface area contributed by atoms with Gasteiger partial charge in [-0.15, -0.1) is 11.3 Å². The molecule has 6 heteroatoms. The van der Waals surface area contributed by atoms with Crippen LogP contribution < -0.4 is 15.5 Å². The molecular weight excluding hydrogens is 368 g/mol. The Morgan fingerprint density at radius 3 is 2.79 bits per heavy atom. The minimum absolute atomic E-state index is 0.0409. The van der Waals surface area contributed by atoms with Crippen LogP contribution in [-0.4, -0.2) is 17.4 Å². The van der Waals surface area contributed by atoms with Gasteiger partial charge in [0.25, 0.3) is 0 Å². The number of carbonyl (C=O) groups is 1. The van der Waals surface area contributed by atoms with Crippen LogP contribution in [0.2, 0.25) is 0 Å².